The quantitative estimate of drug-likeness (QED) is 0.769. The Morgan fingerprint density at radius 1 is 1.05 bits per heavy atom. The first-order valence-electron chi connectivity index (χ1n) is 7.72. The van der Waals surface area contributed by atoms with Crippen molar-refractivity contribution >= 4 is 0 Å². The molecule has 1 aliphatic heterocycles. The molecule has 4 nitrogen and oxygen atoms in total. The minimum atomic E-state index is 0.0885. The van der Waals surface area contributed by atoms with Crippen LogP contribution in [0.5, 0.6) is 0 Å². The van der Waals surface area contributed by atoms with Gasteiger partial charge >= 0.3 is 0 Å². The highest BCUT2D eigenvalue weighted by molar-refractivity contribution is 5.75. The zero-order chi connectivity index (χ0) is 14.8. The van der Waals surface area contributed by atoms with Gasteiger partial charge in [-0.15, -0.1) is 0 Å². The van der Waals surface area contributed by atoms with E-state index in [2.05, 4.69) is 9.97 Å². The van der Waals surface area contributed by atoms with E-state index in [9.17, 15) is 0 Å². The van der Waals surface area contributed by atoms with Crippen molar-refractivity contribution in [1.82, 2.24) is 9.97 Å². The van der Waals surface area contributed by atoms with Gasteiger partial charge in [-0.1, -0.05) is 30.3 Å². The molecular formula is C18H18N2O2. The molecule has 22 heavy (non-hydrogen) atoms. The van der Waals surface area contributed by atoms with Crippen LogP contribution in [0.25, 0.3) is 22.7 Å². The predicted molar refractivity (Wildman–Crippen MR) is 84.3 cm³/mol. The van der Waals surface area contributed by atoms with Gasteiger partial charge < -0.3 is 14.1 Å². The molecule has 3 heterocycles. The highest BCUT2D eigenvalue weighted by Crippen LogP contribution is 2.34. The zero-order valence-electron chi connectivity index (χ0n) is 12.3. The van der Waals surface area contributed by atoms with Crippen LogP contribution >= 0.6 is 0 Å². The normalized spacial score (nSPS) is 18.5. The second kappa shape index (κ2) is 5.81. The van der Waals surface area contributed by atoms with Gasteiger partial charge in [0, 0.05) is 12.2 Å². The van der Waals surface area contributed by atoms with Gasteiger partial charge in [-0.25, -0.2) is 4.98 Å². The van der Waals surface area contributed by atoms with Crippen molar-refractivity contribution in [2.24, 2.45) is 0 Å². The molecule has 112 valence electrons. The lowest BCUT2D eigenvalue weighted by Crippen LogP contribution is -2.10. The van der Waals surface area contributed by atoms with Crippen molar-refractivity contribution in [2.75, 3.05) is 6.61 Å². The van der Waals surface area contributed by atoms with Crippen molar-refractivity contribution in [3.05, 3.63) is 54.6 Å². The van der Waals surface area contributed by atoms with E-state index < -0.39 is 0 Å². The molecule has 0 aliphatic carbocycles. The summed E-state index contributed by atoms with van der Waals surface area (Å²) in [5, 5.41) is 0. The van der Waals surface area contributed by atoms with Crippen molar-refractivity contribution in [1.29, 1.82) is 0 Å². The van der Waals surface area contributed by atoms with Crippen LogP contribution in [0.3, 0.4) is 0 Å². The summed E-state index contributed by atoms with van der Waals surface area (Å²) in [7, 11) is 0. The number of aromatic nitrogens is 2. The molecule has 0 radical (unpaired) electrons. The average molecular weight is 294 g/mol. The lowest BCUT2D eigenvalue weighted by Gasteiger charge is -2.20. The number of nitrogens with one attached hydrogen (secondary N) is 1. The van der Waals surface area contributed by atoms with E-state index in [4.69, 9.17) is 9.15 Å². The van der Waals surface area contributed by atoms with Crippen LogP contribution in [0.15, 0.2) is 53.2 Å². The maximum absolute atomic E-state index is 6.03. The molecule has 0 bridgehead atoms. The fourth-order valence-electron chi connectivity index (χ4n) is 2.92. The molecule has 4 heteroatoms. The van der Waals surface area contributed by atoms with Gasteiger partial charge in [-0.05, 0) is 31.4 Å². The maximum atomic E-state index is 6.03. The van der Waals surface area contributed by atoms with Gasteiger partial charge in [0.25, 0.3) is 0 Å². The number of benzene rings is 1. The number of ether oxygens (including phenoxy) is 1. The first-order valence-corrected chi connectivity index (χ1v) is 7.72. The van der Waals surface area contributed by atoms with Gasteiger partial charge in [-0.2, -0.15) is 0 Å². The number of hydrogen-bond acceptors (Lipinski definition) is 3. The molecule has 1 fully saturated rings. The Bertz CT molecular complexity index is 739. The van der Waals surface area contributed by atoms with Gasteiger partial charge in [0.1, 0.15) is 17.6 Å². The standard InChI is InChI=1S/C18H18N2O2/c1-2-6-13(7-3-1)17-18(20-12-19-17)16-10-9-15(22-16)14-8-4-5-11-21-14/h1-3,6-7,9-10,12,14H,4-5,8,11H2,(H,19,20)/t14-/m0/s1. The van der Waals surface area contributed by atoms with Crippen LogP contribution in [0.4, 0.5) is 0 Å². The summed E-state index contributed by atoms with van der Waals surface area (Å²) in [6, 6.07) is 14.1. The van der Waals surface area contributed by atoms with E-state index >= 15 is 0 Å². The molecule has 0 amide bonds. The molecule has 1 aliphatic rings. The molecular weight excluding hydrogens is 276 g/mol. The van der Waals surface area contributed by atoms with Crippen molar-refractivity contribution < 1.29 is 9.15 Å². The number of imidazole rings is 1. The predicted octanol–water partition coefficient (Wildman–Crippen LogP) is 4.58. The average Bonchev–Trinajstić information content (AvgIpc) is 3.25. The van der Waals surface area contributed by atoms with Crippen LogP contribution in [0.2, 0.25) is 0 Å². The van der Waals surface area contributed by atoms with E-state index in [1.807, 2.05) is 42.5 Å². The Morgan fingerprint density at radius 3 is 2.77 bits per heavy atom. The van der Waals surface area contributed by atoms with E-state index in [0.29, 0.717) is 0 Å². The van der Waals surface area contributed by atoms with Crippen molar-refractivity contribution in [2.45, 2.75) is 25.4 Å². The van der Waals surface area contributed by atoms with E-state index in [1.165, 1.54) is 6.42 Å². The fourth-order valence-corrected chi connectivity index (χ4v) is 2.92. The lowest BCUT2D eigenvalue weighted by atomic mass is 10.1. The number of aromatic amines is 1. The van der Waals surface area contributed by atoms with Gasteiger partial charge in [0.2, 0.25) is 0 Å². The second-order valence-electron chi connectivity index (χ2n) is 5.55. The first-order chi connectivity index (χ1) is 10.9. The molecule has 0 spiro atoms. The molecule has 0 unspecified atom stereocenters. The summed E-state index contributed by atoms with van der Waals surface area (Å²) in [6.07, 6.45) is 5.16. The minimum Gasteiger partial charge on any atom is -0.457 e. The smallest absolute Gasteiger partial charge is 0.152 e. The Balaban J connectivity index is 1.66. The molecule has 1 saturated heterocycles. The SMILES string of the molecule is c1ccc(-c2nc[nH]c2-c2ccc([C@@H]3CCCCO3)o2)cc1. The Hall–Kier alpha value is -2.33. The molecule has 2 aromatic heterocycles. The highest BCUT2D eigenvalue weighted by atomic mass is 16.5. The summed E-state index contributed by atoms with van der Waals surface area (Å²) in [4.78, 5) is 7.63. The number of H-pyrrole nitrogens is 1. The van der Waals surface area contributed by atoms with Crippen molar-refractivity contribution in [3.63, 3.8) is 0 Å². The fraction of sp³-hybridized carbons (Fsp3) is 0.278. The first kappa shape index (κ1) is 13.3. The molecule has 0 saturated carbocycles. The van der Waals surface area contributed by atoms with E-state index in [0.717, 1.165) is 47.9 Å². The summed E-state index contributed by atoms with van der Waals surface area (Å²) in [5.41, 5.74) is 2.89. The topological polar surface area (TPSA) is 51.0 Å². The summed E-state index contributed by atoms with van der Waals surface area (Å²) >= 11 is 0. The largest absolute Gasteiger partial charge is 0.457 e. The number of nitrogens with zero attached hydrogens (tertiary/aromatic N) is 1. The van der Waals surface area contributed by atoms with E-state index in [1.54, 1.807) is 6.33 Å². The third-order valence-electron chi connectivity index (χ3n) is 4.06. The van der Waals surface area contributed by atoms with Crippen LogP contribution in [0, 0.1) is 0 Å². The summed E-state index contributed by atoms with van der Waals surface area (Å²) < 4.78 is 11.8. The second-order valence-corrected chi connectivity index (χ2v) is 5.55. The molecule has 4 rings (SSSR count). The number of furan rings is 1. The summed E-state index contributed by atoms with van der Waals surface area (Å²) in [5.74, 6) is 1.71. The monoisotopic (exact) mass is 294 g/mol. The third-order valence-corrected chi connectivity index (χ3v) is 4.06. The van der Waals surface area contributed by atoms with Crippen LogP contribution in [-0.2, 0) is 4.74 Å². The minimum absolute atomic E-state index is 0.0885. The van der Waals surface area contributed by atoms with Gasteiger partial charge in [-0.3, -0.25) is 0 Å². The van der Waals surface area contributed by atoms with Gasteiger partial charge in [0.15, 0.2) is 5.76 Å². The zero-order valence-corrected chi connectivity index (χ0v) is 12.3. The molecule has 3 aromatic rings. The van der Waals surface area contributed by atoms with Crippen LogP contribution in [-0.4, -0.2) is 16.6 Å². The summed E-state index contributed by atoms with van der Waals surface area (Å²) in [6.45, 7) is 0.819. The Morgan fingerprint density at radius 2 is 1.95 bits per heavy atom. The highest BCUT2D eigenvalue weighted by Gasteiger charge is 2.21. The number of hydrogen-bond donors (Lipinski definition) is 1. The number of rotatable bonds is 3. The maximum Gasteiger partial charge on any atom is 0.152 e. The Labute approximate surface area is 129 Å². The molecule has 1 N–H and O–H groups in total. The van der Waals surface area contributed by atoms with Crippen LogP contribution < -0.4 is 0 Å². The lowest BCUT2D eigenvalue weighted by molar-refractivity contribution is 0.00221. The van der Waals surface area contributed by atoms with Crippen LogP contribution in [0.1, 0.15) is 31.1 Å². The molecule has 1 aromatic carbocycles. The Kier molecular flexibility index (Phi) is 3.52. The molecule has 1 atom stereocenters. The van der Waals surface area contributed by atoms with Crippen molar-refractivity contribution in [3.8, 4) is 22.7 Å². The van der Waals surface area contributed by atoms with E-state index in [-0.39, 0.29) is 6.10 Å². The third kappa shape index (κ3) is 2.46. The van der Waals surface area contributed by atoms with Gasteiger partial charge in [0.05, 0.1) is 12.0 Å².